The van der Waals surface area contributed by atoms with Gasteiger partial charge in [-0.3, -0.25) is 0 Å². The standard InChI is InChI=1S/C39H39N2O.C11H8N.Ir/c1-23(2)27-17-18-28(26-13-10-9-11-14-26)35(24(3)4)36(27)33-20-19-30-29-15-12-16-31(37(29)42-38(30)41-33)34-21-25(5)32(22-40-34)39(6,7)8;1-2-6-10(7-3-1)11-8-4-5-9-12-11;/h9-15,17-24H,1-8H3;1-6,8-9H;/q2*-1;. The Morgan fingerprint density at radius 2 is 1.44 bits per heavy atom. The number of rotatable bonds is 6. The second-order valence-electron chi connectivity index (χ2n) is 15.5. The minimum Gasteiger partial charge on any atom is -0.486 e. The Labute approximate surface area is 339 Å². The van der Waals surface area contributed by atoms with Crippen LogP contribution in [0.25, 0.3) is 67.0 Å². The summed E-state index contributed by atoms with van der Waals surface area (Å²) in [5.41, 5.74) is 14.9. The molecule has 0 aliphatic heterocycles. The Morgan fingerprint density at radius 3 is 2.09 bits per heavy atom. The van der Waals surface area contributed by atoms with Crippen molar-refractivity contribution in [2.24, 2.45) is 0 Å². The van der Waals surface area contributed by atoms with Crippen LogP contribution in [-0.4, -0.2) is 15.0 Å². The third-order valence-corrected chi connectivity index (χ3v) is 9.94. The van der Waals surface area contributed by atoms with Crippen LogP contribution in [0.2, 0.25) is 0 Å². The molecule has 0 saturated carbocycles. The van der Waals surface area contributed by atoms with E-state index in [9.17, 15) is 0 Å². The van der Waals surface area contributed by atoms with Crippen molar-refractivity contribution in [2.45, 2.75) is 72.6 Å². The van der Waals surface area contributed by atoms with Crippen LogP contribution in [-0.2, 0) is 25.5 Å². The van der Waals surface area contributed by atoms with Crippen LogP contribution in [0, 0.1) is 19.1 Å². The summed E-state index contributed by atoms with van der Waals surface area (Å²) in [5.74, 6) is 0.663. The van der Waals surface area contributed by atoms with Crippen LogP contribution in [0.5, 0.6) is 0 Å². The molecule has 0 bridgehead atoms. The van der Waals surface area contributed by atoms with E-state index in [4.69, 9.17) is 14.4 Å². The molecule has 4 aromatic carbocycles. The Hall–Kier alpha value is -5.22. The summed E-state index contributed by atoms with van der Waals surface area (Å²) in [5, 5.41) is 2.03. The maximum atomic E-state index is 6.57. The zero-order valence-electron chi connectivity index (χ0n) is 32.9. The van der Waals surface area contributed by atoms with Crippen molar-refractivity contribution in [1.29, 1.82) is 0 Å². The molecule has 1 radical (unpaired) electrons. The minimum atomic E-state index is 0. The van der Waals surface area contributed by atoms with Crippen LogP contribution in [0.3, 0.4) is 0 Å². The van der Waals surface area contributed by atoms with Gasteiger partial charge >= 0.3 is 0 Å². The molecule has 8 rings (SSSR count). The van der Waals surface area contributed by atoms with E-state index >= 15 is 0 Å². The molecule has 0 fully saturated rings. The van der Waals surface area contributed by atoms with Gasteiger partial charge in [-0.2, -0.15) is 0 Å². The first-order chi connectivity index (χ1) is 26.0. The molecule has 4 nitrogen and oxygen atoms in total. The van der Waals surface area contributed by atoms with Gasteiger partial charge in [0.1, 0.15) is 0 Å². The Balaban J connectivity index is 0.000000336. The summed E-state index contributed by atoms with van der Waals surface area (Å²) in [6.45, 7) is 17.9. The quantitative estimate of drug-likeness (QED) is 0.156. The maximum Gasteiger partial charge on any atom is 0.216 e. The van der Waals surface area contributed by atoms with E-state index in [2.05, 4.69) is 139 Å². The molecule has 0 aliphatic rings. The first-order valence-electron chi connectivity index (χ1n) is 18.8. The summed E-state index contributed by atoms with van der Waals surface area (Å²) in [4.78, 5) is 14.3. The number of hydrogen-bond donors (Lipinski definition) is 0. The second-order valence-corrected chi connectivity index (χ2v) is 15.5. The smallest absolute Gasteiger partial charge is 0.216 e. The molecular formula is C50H47IrN3O-2. The largest absolute Gasteiger partial charge is 0.486 e. The molecule has 0 saturated heterocycles. The summed E-state index contributed by atoms with van der Waals surface area (Å²) in [7, 11) is 0. The molecule has 8 aromatic rings. The third kappa shape index (κ3) is 8.25. The van der Waals surface area contributed by atoms with Gasteiger partial charge in [-0.1, -0.05) is 126 Å². The van der Waals surface area contributed by atoms with Gasteiger partial charge in [0.05, 0.1) is 11.3 Å². The second kappa shape index (κ2) is 16.7. The summed E-state index contributed by atoms with van der Waals surface area (Å²) >= 11 is 0. The van der Waals surface area contributed by atoms with Gasteiger partial charge in [0, 0.05) is 43.4 Å². The number of aryl methyl sites for hydroxylation is 1. The Bertz CT molecular complexity index is 2500. The summed E-state index contributed by atoms with van der Waals surface area (Å²) in [6, 6.07) is 46.0. The molecule has 0 aliphatic carbocycles. The Kier molecular flexibility index (Phi) is 11.9. The number of pyridine rings is 3. The molecule has 279 valence electrons. The van der Waals surface area contributed by atoms with Crippen LogP contribution in [0.4, 0.5) is 0 Å². The first kappa shape index (κ1) is 39.5. The van der Waals surface area contributed by atoms with Crippen molar-refractivity contribution in [2.75, 3.05) is 0 Å². The van der Waals surface area contributed by atoms with Crippen molar-refractivity contribution in [3.63, 3.8) is 0 Å². The van der Waals surface area contributed by atoms with Gasteiger partial charge < -0.3 is 14.4 Å². The molecule has 4 heterocycles. The van der Waals surface area contributed by atoms with Gasteiger partial charge in [-0.05, 0) is 81.6 Å². The topological polar surface area (TPSA) is 51.8 Å². The molecule has 4 aromatic heterocycles. The van der Waals surface area contributed by atoms with E-state index in [0.717, 1.165) is 44.6 Å². The molecule has 0 unspecified atom stereocenters. The summed E-state index contributed by atoms with van der Waals surface area (Å²) in [6.07, 6.45) is 3.78. The van der Waals surface area contributed by atoms with Gasteiger partial charge in [0.25, 0.3) is 0 Å². The fourth-order valence-corrected chi connectivity index (χ4v) is 7.38. The predicted molar refractivity (Wildman–Crippen MR) is 225 cm³/mol. The average molecular weight is 898 g/mol. The summed E-state index contributed by atoms with van der Waals surface area (Å²) < 4.78 is 6.57. The number of benzene rings is 4. The van der Waals surface area contributed by atoms with Gasteiger partial charge in [-0.25, -0.2) is 4.98 Å². The van der Waals surface area contributed by atoms with Gasteiger partial charge in [-0.15, -0.1) is 54.1 Å². The van der Waals surface area contributed by atoms with E-state index in [1.54, 1.807) is 6.20 Å². The average Bonchev–Trinajstić information content (AvgIpc) is 3.56. The zero-order chi connectivity index (χ0) is 38.0. The van der Waals surface area contributed by atoms with E-state index in [1.807, 2.05) is 54.7 Å². The third-order valence-electron chi connectivity index (χ3n) is 9.94. The van der Waals surface area contributed by atoms with Gasteiger partial charge in [0.15, 0.2) is 0 Å². The molecule has 0 amide bonds. The van der Waals surface area contributed by atoms with Crippen LogP contribution in [0.1, 0.15) is 82.6 Å². The van der Waals surface area contributed by atoms with Crippen molar-refractivity contribution in [3.05, 3.63) is 162 Å². The normalized spacial score (nSPS) is 11.5. The van der Waals surface area contributed by atoms with Crippen molar-refractivity contribution in [3.8, 4) is 44.9 Å². The molecule has 0 atom stereocenters. The molecular weight excluding hydrogens is 851 g/mol. The van der Waals surface area contributed by atoms with Gasteiger partial charge in [0.2, 0.25) is 5.71 Å². The number of furan rings is 1. The van der Waals surface area contributed by atoms with E-state index in [-0.39, 0.29) is 25.5 Å². The number of hydrogen-bond acceptors (Lipinski definition) is 4. The van der Waals surface area contributed by atoms with E-state index < -0.39 is 0 Å². The van der Waals surface area contributed by atoms with Crippen LogP contribution >= 0.6 is 0 Å². The van der Waals surface area contributed by atoms with Crippen molar-refractivity contribution < 1.29 is 24.5 Å². The number of fused-ring (bicyclic) bond motifs is 3. The maximum absolute atomic E-state index is 6.57. The zero-order valence-corrected chi connectivity index (χ0v) is 35.3. The van der Waals surface area contributed by atoms with Crippen LogP contribution in [0.15, 0.2) is 132 Å². The predicted octanol–water partition coefficient (Wildman–Crippen LogP) is 13.6. The molecule has 5 heteroatoms. The van der Waals surface area contributed by atoms with Crippen molar-refractivity contribution in [1.82, 2.24) is 15.0 Å². The fraction of sp³-hybridized carbons (Fsp3) is 0.220. The van der Waals surface area contributed by atoms with E-state index in [1.165, 1.54) is 38.9 Å². The molecule has 0 spiro atoms. The molecule has 0 N–H and O–H groups in total. The minimum absolute atomic E-state index is 0. The first-order valence-corrected chi connectivity index (χ1v) is 18.8. The van der Waals surface area contributed by atoms with Crippen molar-refractivity contribution >= 4 is 22.1 Å². The Morgan fingerprint density at radius 1 is 0.673 bits per heavy atom. The monoisotopic (exact) mass is 898 g/mol. The number of nitrogens with zero attached hydrogens (tertiary/aromatic N) is 3. The van der Waals surface area contributed by atoms with Crippen LogP contribution < -0.4 is 0 Å². The fourth-order valence-electron chi connectivity index (χ4n) is 7.38. The number of aromatic nitrogens is 3. The van der Waals surface area contributed by atoms with E-state index in [0.29, 0.717) is 17.5 Å². The SMILES string of the molecule is Cc1cc(-c2[c-]ccc3c2oc2nc(-c4c(C(C)C)ccc(-c5ccccc5)c4C(C)C)ccc23)ncc1C(C)(C)C.[Ir].[c-]1ccccc1-c1ccccn1. The molecule has 55 heavy (non-hydrogen) atoms.